The van der Waals surface area contributed by atoms with E-state index in [9.17, 15) is 9.59 Å². The van der Waals surface area contributed by atoms with Crippen molar-refractivity contribution in [3.8, 4) is 5.75 Å². The molecule has 1 aliphatic heterocycles. The zero-order valence-corrected chi connectivity index (χ0v) is 16.4. The summed E-state index contributed by atoms with van der Waals surface area (Å²) in [4.78, 5) is 28.5. The van der Waals surface area contributed by atoms with E-state index < -0.39 is 0 Å². The molecule has 2 amide bonds. The molecule has 1 aliphatic rings. The Labute approximate surface area is 164 Å². The molecule has 0 bridgehead atoms. The molecule has 0 N–H and O–H groups in total. The highest BCUT2D eigenvalue weighted by molar-refractivity contribution is 5.78. The lowest BCUT2D eigenvalue weighted by atomic mass is 10.1. The summed E-state index contributed by atoms with van der Waals surface area (Å²) >= 11 is 0. The maximum absolute atomic E-state index is 12.5. The second kappa shape index (κ2) is 9.34. The largest absolute Gasteiger partial charge is 0.497 e. The monoisotopic (exact) mass is 386 g/mol. The molecule has 3 rings (SSSR count). The number of piperazine rings is 1. The van der Waals surface area contributed by atoms with Crippen LogP contribution >= 0.6 is 0 Å². The van der Waals surface area contributed by atoms with Gasteiger partial charge in [0, 0.05) is 52.4 Å². The van der Waals surface area contributed by atoms with Crippen molar-refractivity contribution in [2.75, 3.05) is 33.3 Å². The summed E-state index contributed by atoms with van der Waals surface area (Å²) in [7, 11) is 1.63. The van der Waals surface area contributed by atoms with Crippen LogP contribution < -0.4 is 4.74 Å². The van der Waals surface area contributed by atoms with E-state index in [0.29, 0.717) is 63.6 Å². The SMILES string of the molecule is COc1cccc(CCC(=O)N2CCN(C(=O)CCc3nnc(C)o3)CC2)c1. The smallest absolute Gasteiger partial charge is 0.223 e. The summed E-state index contributed by atoms with van der Waals surface area (Å²) < 4.78 is 10.5. The van der Waals surface area contributed by atoms with Gasteiger partial charge in [0.05, 0.1) is 7.11 Å². The lowest BCUT2D eigenvalue weighted by Gasteiger charge is -2.35. The third-order valence-corrected chi connectivity index (χ3v) is 4.87. The molecule has 28 heavy (non-hydrogen) atoms. The number of aromatic nitrogens is 2. The van der Waals surface area contributed by atoms with Crippen LogP contribution in [0.4, 0.5) is 0 Å². The molecule has 0 unspecified atom stereocenters. The highest BCUT2D eigenvalue weighted by atomic mass is 16.5. The van der Waals surface area contributed by atoms with E-state index in [1.54, 1.807) is 18.9 Å². The molecule has 2 aromatic rings. The maximum atomic E-state index is 12.5. The first-order valence-corrected chi connectivity index (χ1v) is 9.52. The number of aryl methyl sites for hydroxylation is 3. The zero-order valence-electron chi connectivity index (χ0n) is 16.4. The third-order valence-electron chi connectivity index (χ3n) is 4.87. The second-order valence-electron chi connectivity index (χ2n) is 6.83. The van der Waals surface area contributed by atoms with E-state index in [-0.39, 0.29) is 11.8 Å². The first-order chi connectivity index (χ1) is 13.5. The molecule has 1 fully saturated rings. The third kappa shape index (κ3) is 5.31. The van der Waals surface area contributed by atoms with Crippen LogP contribution in [0, 0.1) is 6.92 Å². The van der Waals surface area contributed by atoms with Gasteiger partial charge in [-0.2, -0.15) is 0 Å². The van der Waals surface area contributed by atoms with Crippen LogP contribution in [0.15, 0.2) is 28.7 Å². The van der Waals surface area contributed by atoms with Crippen molar-refractivity contribution in [3.05, 3.63) is 41.6 Å². The molecule has 8 nitrogen and oxygen atoms in total. The van der Waals surface area contributed by atoms with Crippen LogP contribution in [-0.4, -0.2) is 65.1 Å². The molecule has 2 heterocycles. The fraction of sp³-hybridized carbons (Fsp3) is 0.500. The van der Waals surface area contributed by atoms with Gasteiger partial charge >= 0.3 is 0 Å². The minimum atomic E-state index is 0.0549. The average molecular weight is 386 g/mol. The molecule has 0 radical (unpaired) electrons. The summed E-state index contributed by atoms with van der Waals surface area (Å²) in [6.45, 7) is 3.99. The molecule has 0 aliphatic carbocycles. The van der Waals surface area contributed by atoms with Gasteiger partial charge in [-0.3, -0.25) is 9.59 Å². The molecule has 0 spiro atoms. The van der Waals surface area contributed by atoms with Gasteiger partial charge in [0.25, 0.3) is 0 Å². The van der Waals surface area contributed by atoms with Crippen molar-refractivity contribution < 1.29 is 18.7 Å². The Balaban J connectivity index is 1.40. The topological polar surface area (TPSA) is 88.8 Å². The quantitative estimate of drug-likeness (QED) is 0.718. The van der Waals surface area contributed by atoms with Gasteiger partial charge in [0.2, 0.25) is 23.6 Å². The first-order valence-electron chi connectivity index (χ1n) is 9.52. The van der Waals surface area contributed by atoms with Crippen molar-refractivity contribution in [2.24, 2.45) is 0 Å². The summed E-state index contributed by atoms with van der Waals surface area (Å²) in [6, 6.07) is 7.77. The van der Waals surface area contributed by atoms with E-state index in [1.165, 1.54) is 0 Å². The number of rotatable bonds is 7. The molecule has 1 saturated heterocycles. The predicted molar refractivity (Wildman–Crippen MR) is 102 cm³/mol. The van der Waals surface area contributed by atoms with Gasteiger partial charge in [0.1, 0.15) is 5.75 Å². The Bertz CT molecular complexity index is 812. The van der Waals surface area contributed by atoms with Gasteiger partial charge in [-0.15, -0.1) is 10.2 Å². The predicted octanol–water partition coefficient (Wildman–Crippen LogP) is 1.62. The number of ether oxygens (including phenoxy) is 1. The number of methoxy groups -OCH3 is 1. The summed E-state index contributed by atoms with van der Waals surface area (Å²) in [6.07, 6.45) is 1.92. The van der Waals surface area contributed by atoms with E-state index >= 15 is 0 Å². The van der Waals surface area contributed by atoms with Crippen LogP contribution in [0.2, 0.25) is 0 Å². The summed E-state index contributed by atoms with van der Waals surface area (Å²) in [5.74, 6) is 1.96. The Morgan fingerprint density at radius 2 is 1.68 bits per heavy atom. The lowest BCUT2D eigenvalue weighted by molar-refractivity contribution is -0.139. The van der Waals surface area contributed by atoms with Crippen LogP contribution in [-0.2, 0) is 22.4 Å². The van der Waals surface area contributed by atoms with Crippen LogP contribution in [0.1, 0.15) is 30.2 Å². The fourth-order valence-electron chi connectivity index (χ4n) is 3.25. The maximum Gasteiger partial charge on any atom is 0.223 e. The molecule has 0 atom stereocenters. The van der Waals surface area contributed by atoms with E-state index in [0.717, 1.165) is 11.3 Å². The minimum Gasteiger partial charge on any atom is -0.497 e. The van der Waals surface area contributed by atoms with Crippen LogP contribution in [0.25, 0.3) is 0 Å². The van der Waals surface area contributed by atoms with Crippen molar-refractivity contribution in [1.29, 1.82) is 0 Å². The number of benzene rings is 1. The second-order valence-corrected chi connectivity index (χ2v) is 6.83. The number of carbonyl (C=O) groups excluding carboxylic acids is 2. The van der Waals surface area contributed by atoms with E-state index in [1.807, 2.05) is 29.2 Å². The number of hydrogen-bond acceptors (Lipinski definition) is 6. The summed E-state index contributed by atoms with van der Waals surface area (Å²) in [5, 5.41) is 7.67. The van der Waals surface area contributed by atoms with E-state index in [4.69, 9.17) is 9.15 Å². The first kappa shape index (κ1) is 19.9. The number of carbonyl (C=O) groups is 2. The number of nitrogens with zero attached hydrogens (tertiary/aromatic N) is 4. The van der Waals surface area contributed by atoms with Crippen LogP contribution in [0.3, 0.4) is 0 Å². The van der Waals surface area contributed by atoms with Gasteiger partial charge in [-0.25, -0.2) is 0 Å². The molecule has 0 saturated carbocycles. The molecule has 1 aromatic heterocycles. The molecule has 1 aromatic carbocycles. The molecular weight excluding hydrogens is 360 g/mol. The zero-order chi connectivity index (χ0) is 19.9. The van der Waals surface area contributed by atoms with Gasteiger partial charge < -0.3 is 19.0 Å². The Hall–Kier alpha value is -2.90. The number of hydrogen-bond donors (Lipinski definition) is 0. The van der Waals surface area contributed by atoms with Gasteiger partial charge in [-0.05, 0) is 24.1 Å². The fourth-order valence-corrected chi connectivity index (χ4v) is 3.25. The van der Waals surface area contributed by atoms with Crippen LogP contribution in [0.5, 0.6) is 5.75 Å². The van der Waals surface area contributed by atoms with Crippen molar-refractivity contribution in [1.82, 2.24) is 20.0 Å². The molecule has 8 heteroatoms. The lowest BCUT2D eigenvalue weighted by Crippen LogP contribution is -2.50. The van der Waals surface area contributed by atoms with Crippen molar-refractivity contribution in [3.63, 3.8) is 0 Å². The Kier molecular flexibility index (Phi) is 6.62. The van der Waals surface area contributed by atoms with Crippen molar-refractivity contribution >= 4 is 11.8 Å². The highest BCUT2D eigenvalue weighted by Crippen LogP contribution is 2.15. The molecular formula is C20H26N4O4. The highest BCUT2D eigenvalue weighted by Gasteiger charge is 2.24. The van der Waals surface area contributed by atoms with Gasteiger partial charge in [0.15, 0.2) is 0 Å². The normalized spacial score (nSPS) is 14.2. The Morgan fingerprint density at radius 3 is 2.25 bits per heavy atom. The van der Waals surface area contributed by atoms with Gasteiger partial charge in [-0.1, -0.05) is 12.1 Å². The average Bonchev–Trinajstić information content (AvgIpc) is 3.15. The van der Waals surface area contributed by atoms with Crippen molar-refractivity contribution in [2.45, 2.75) is 32.6 Å². The molecule has 150 valence electrons. The Morgan fingerprint density at radius 1 is 1.04 bits per heavy atom. The standard InChI is InChI=1S/C20H26N4O4/c1-15-21-22-18(28-15)7-9-20(26)24-12-10-23(11-13-24)19(25)8-6-16-4-3-5-17(14-16)27-2/h3-5,14H,6-13H2,1-2H3. The van der Waals surface area contributed by atoms with E-state index in [2.05, 4.69) is 10.2 Å². The summed E-state index contributed by atoms with van der Waals surface area (Å²) in [5.41, 5.74) is 1.08. The minimum absolute atomic E-state index is 0.0549. The number of amides is 2.